The molecule has 0 saturated carbocycles. The fourth-order valence-corrected chi connectivity index (χ4v) is 3.93. The molecule has 0 aromatic heterocycles. The Bertz CT molecular complexity index is 657. The van der Waals surface area contributed by atoms with Gasteiger partial charge < -0.3 is 0 Å². The Morgan fingerprint density at radius 3 is 1.67 bits per heavy atom. The summed E-state index contributed by atoms with van der Waals surface area (Å²) in [5.74, 6) is 0. The van der Waals surface area contributed by atoms with E-state index in [1.54, 1.807) is 22.3 Å². The Kier molecular flexibility index (Phi) is 1.50. The predicted molar refractivity (Wildman–Crippen MR) is 75.2 cm³/mol. The fraction of sp³-hybridized carbons (Fsp3) is 0.222. The summed E-state index contributed by atoms with van der Waals surface area (Å²) in [4.78, 5) is 0. The van der Waals surface area contributed by atoms with Crippen molar-refractivity contribution in [2.75, 3.05) is 0 Å². The van der Waals surface area contributed by atoms with Crippen LogP contribution in [0.15, 0.2) is 47.6 Å². The standard InChI is InChI=1S/C18H14/c1-3-11-7-13-10-18-14(9-17(13)15(11)5-1)8-12-4-2-6-16(12)18/h1-2,5-6,9-10H,3-4,7-8H2. The molecule has 5 rings (SSSR count). The van der Waals surface area contributed by atoms with Crippen molar-refractivity contribution < 1.29 is 0 Å². The van der Waals surface area contributed by atoms with Crippen LogP contribution in [-0.4, -0.2) is 0 Å². The summed E-state index contributed by atoms with van der Waals surface area (Å²) in [6.45, 7) is 0. The quantitative estimate of drug-likeness (QED) is 0.625. The molecule has 1 aromatic rings. The smallest absolute Gasteiger partial charge is 0.00484 e. The molecule has 0 nitrogen and oxygen atoms in total. The van der Waals surface area contributed by atoms with Crippen LogP contribution in [0.1, 0.15) is 35.1 Å². The first-order valence-electron chi connectivity index (χ1n) is 6.84. The molecule has 0 heteroatoms. The topological polar surface area (TPSA) is 0 Å². The number of fused-ring (bicyclic) bond motifs is 4. The minimum Gasteiger partial charge on any atom is -0.0798 e. The van der Waals surface area contributed by atoms with E-state index in [4.69, 9.17) is 0 Å². The van der Waals surface area contributed by atoms with Crippen molar-refractivity contribution in [2.45, 2.75) is 25.7 Å². The maximum absolute atomic E-state index is 2.47. The normalized spacial score (nSPS) is 21.8. The third-order valence-corrected chi connectivity index (χ3v) is 4.78. The van der Waals surface area contributed by atoms with Crippen LogP contribution >= 0.6 is 0 Å². The molecule has 0 N–H and O–H groups in total. The summed E-state index contributed by atoms with van der Waals surface area (Å²) in [5, 5.41) is 0. The van der Waals surface area contributed by atoms with E-state index in [1.165, 1.54) is 48.0 Å². The Morgan fingerprint density at radius 2 is 1.17 bits per heavy atom. The van der Waals surface area contributed by atoms with E-state index in [0.29, 0.717) is 0 Å². The van der Waals surface area contributed by atoms with Crippen molar-refractivity contribution in [3.63, 3.8) is 0 Å². The number of allylic oxidation sites excluding steroid dienone is 8. The van der Waals surface area contributed by atoms with Gasteiger partial charge in [0.05, 0.1) is 0 Å². The molecule has 1 aromatic carbocycles. The van der Waals surface area contributed by atoms with Crippen molar-refractivity contribution in [3.8, 4) is 0 Å². The van der Waals surface area contributed by atoms with Gasteiger partial charge in [0.25, 0.3) is 0 Å². The number of hydrogen-bond donors (Lipinski definition) is 0. The van der Waals surface area contributed by atoms with Gasteiger partial charge in [-0.05, 0) is 71.2 Å². The van der Waals surface area contributed by atoms with Gasteiger partial charge in [-0.3, -0.25) is 0 Å². The van der Waals surface area contributed by atoms with Gasteiger partial charge in [-0.2, -0.15) is 0 Å². The maximum atomic E-state index is 2.47. The highest BCUT2D eigenvalue weighted by molar-refractivity contribution is 5.91. The Balaban J connectivity index is 1.72. The van der Waals surface area contributed by atoms with Crippen molar-refractivity contribution in [1.29, 1.82) is 0 Å². The molecule has 0 radical (unpaired) electrons. The zero-order valence-corrected chi connectivity index (χ0v) is 10.3. The molecule has 4 aliphatic rings. The van der Waals surface area contributed by atoms with E-state index in [2.05, 4.69) is 36.4 Å². The third kappa shape index (κ3) is 0.978. The molecule has 0 atom stereocenters. The molecule has 0 fully saturated rings. The average Bonchev–Trinajstić information content (AvgIpc) is 3.04. The second-order valence-electron chi connectivity index (χ2n) is 5.77. The second kappa shape index (κ2) is 2.95. The highest BCUT2D eigenvalue weighted by Crippen LogP contribution is 2.45. The van der Waals surface area contributed by atoms with Gasteiger partial charge in [0, 0.05) is 0 Å². The van der Waals surface area contributed by atoms with Crippen LogP contribution < -0.4 is 0 Å². The molecule has 0 saturated heterocycles. The lowest BCUT2D eigenvalue weighted by Crippen LogP contribution is -1.92. The summed E-state index contributed by atoms with van der Waals surface area (Å²) in [7, 11) is 0. The fourth-order valence-electron chi connectivity index (χ4n) is 3.93. The van der Waals surface area contributed by atoms with Gasteiger partial charge in [0.2, 0.25) is 0 Å². The Labute approximate surface area is 107 Å². The lowest BCUT2D eigenvalue weighted by molar-refractivity contribution is 1.10. The second-order valence-corrected chi connectivity index (χ2v) is 5.77. The number of rotatable bonds is 0. The highest BCUT2D eigenvalue weighted by Gasteiger charge is 2.28. The van der Waals surface area contributed by atoms with E-state index in [1.807, 2.05) is 0 Å². The average molecular weight is 230 g/mol. The van der Waals surface area contributed by atoms with Gasteiger partial charge in [-0.15, -0.1) is 0 Å². The van der Waals surface area contributed by atoms with E-state index >= 15 is 0 Å². The van der Waals surface area contributed by atoms with Crippen LogP contribution in [-0.2, 0) is 12.8 Å². The monoisotopic (exact) mass is 230 g/mol. The summed E-state index contributed by atoms with van der Waals surface area (Å²) in [6.07, 6.45) is 14.0. The van der Waals surface area contributed by atoms with Gasteiger partial charge in [0.1, 0.15) is 0 Å². The lowest BCUT2D eigenvalue weighted by Gasteiger charge is -2.08. The Morgan fingerprint density at radius 1 is 0.667 bits per heavy atom. The van der Waals surface area contributed by atoms with Crippen molar-refractivity contribution in [1.82, 2.24) is 0 Å². The highest BCUT2D eigenvalue weighted by atomic mass is 14.3. The molecular weight excluding hydrogens is 216 g/mol. The molecule has 0 spiro atoms. The maximum Gasteiger partial charge on any atom is -0.00484 e. The van der Waals surface area contributed by atoms with Crippen LogP contribution in [0.25, 0.3) is 11.1 Å². The number of benzene rings is 1. The summed E-state index contributed by atoms with van der Waals surface area (Å²) in [5.41, 5.74) is 12.4. The molecular formula is C18H14. The van der Waals surface area contributed by atoms with E-state index in [0.717, 1.165) is 0 Å². The zero-order valence-electron chi connectivity index (χ0n) is 10.3. The summed E-state index contributed by atoms with van der Waals surface area (Å²) < 4.78 is 0. The minimum absolute atomic E-state index is 1.17. The van der Waals surface area contributed by atoms with Crippen LogP contribution in [0.5, 0.6) is 0 Å². The number of hydrogen-bond acceptors (Lipinski definition) is 0. The van der Waals surface area contributed by atoms with E-state index < -0.39 is 0 Å². The predicted octanol–water partition coefficient (Wildman–Crippen LogP) is 4.23. The molecule has 4 aliphatic carbocycles. The first-order chi connectivity index (χ1) is 8.90. The van der Waals surface area contributed by atoms with Gasteiger partial charge >= 0.3 is 0 Å². The Hall–Kier alpha value is -1.82. The lowest BCUT2D eigenvalue weighted by atomic mass is 9.96. The van der Waals surface area contributed by atoms with E-state index in [9.17, 15) is 0 Å². The zero-order chi connectivity index (χ0) is 11.7. The van der Waals surface area contributed by atoms with Crippen molar-refractivity contribution in [2.24, 2.45) is 0 Å². The third-order valence-electron chi connectivity index (χ3n) is 4.78. The minimum atomic E-state index is 1.17. The summed E-state index contributed by atoms with van der Waals surface area (Å²) >= 11 is 0. The van der Waals surface area contributed by atoms with Gasteiger partial charge in [-0.1, -0.05) is 35.5 Å². The van der Waals surface area contributed by atoms with Gasteiger partial charge in [0.15, 0.2) is 0 Å². The molecule has 86 valence electrons. The molecule has 0 bridgehead atoms. The summed E-state index contributed by atoms with van der Waals surface area (Å²) in [6, 6.07) is 4.93. The molecule has 0 unspecified atom stereocenters. The first-order valence-corrected chi connectivity index (χ1v) is 6.84. The van der Waals surface area contributed by atoms with Gasteiger partial charge in [-0.25, -0.2) is 0 Å². The SMILES string of the molecule is C1=CC2=C(C1)Cc1cc3c(cc12)CC1=C3C=CC1. The molecule has 0 heterocycles. The first kappa shape index (κ1) is 9.16. The van der Waals surface area contributed by atoms with Crippen molar-refractivity contribution >= 4 is 11.1 Å². The van der Waals surface area contributed by atoms with Crippen LogP contribution in [0.4, 0.5) is 0 Å². The largest absolute Gasteiger partial charge is 0.0798 e. The molecule has 0 amide bonds. The molecule has 0 aliphatic heterocycles. The van der Waals surface area contributed by atoms with Crippen LogP contribution in [0.2, 0.25) is 0 Å². The molecule has 18 heavy (non-hydrogen) atoms. The van der Waals surface area contributed by atoms with Crippen LogP contribution in [0.3, 0.4) is 0 Å². The van der Waals surface area contributed by atoms with E-state index in [-0.39, 0.29) is 0 Å². The van der Waals surface area contributed by atoms with Crippen molar-refractivity contribution in [3.05, 3.63) is 69.8 Å². The van der Waals surface area contributed by atoms with Crippen LogP contribution in [0, 0.1) is 0 Å².